The molecule has 1 amide bonds. The van der Waals surface area contributed by atoms with Gasteiger partial charge in [0.05, 0.1) is 12.1 Å². The van der Waals surface area contributed by atoms with Gasteiger partial charge in [0, 0.05) is 24.8 Å². The van der Waals surface area contributed by atoms with Gasteiger partial charge < -0.3 is 10.4 Å². The Hall–Kier alpha value is -2.63. The number of carbonyl (C=O) groups is 2. The minimum absolute atomic E-state index is 0.0838. The Labute approximate surface area is 122 Å². The van der Waals surface area contributed by atoms with E-state index in [1.807, 2.05) is 29.8 Å². The molecule has 0 unspecified atom stereocenters. The summed E-state index contributed by atoms with van der Waals surface area (Å²) in [5.74, 6) is -1.20. The molecular weight excluding hydrogens is 270 g/mol. The molecule has 0 aliphatic carbocycles. The first-order chi connectivity index (χ1) is 10.1. The molecule has 21 heavy (non-hydrogen) atoms. The SMILES string of the molecule is CCn1nccc1-c1ccc(C(=O)NCCC(=O)O)cc1. The maximum Gasteiger partial charge on any atom is 0.305 e. The van der Waals surface area contributed by atoms with E-state index in [1.54, 1.807) is 18.3 Å². The van der Waals surface area contributed by atoms with Gasteiger partial charge in [-0.05, 0) is 30.7 Å². The predicted molar refractivity (Wildman–Crippen MR) is 77.9 cm³/mol. The van der Waals surface area contributed by atoms with Crippen LogP contribution in [0.1, 0.15) is 23.7 Å². The van der Waals surface area contributed by atoms with Gasteiger partial charge in [-0.1, -0.05) is 12.1 Å². The van der Waals surface area contributed by atoms with Crippen molar-refractivity contribution < 1.29 is 14.7 Å². The second kappa shape index (κ2) is 6.69. The van der Waals surface area contributed by atoms with Crippen LogP contribution in [0.3, 0.4) is 0 Å². The van der Waals surface area contributed by atoms with Crippen LogP contribution in [0, 0.1) is 0 Å². The number of nitrogens with one attached hydrogen (secondary N) is 1. The molecule has 6 nitrogen and oxygen atoms in total. The highest BCUT2D eigenvalue weighted by molar-refractivity contribution is 5.94. The third kappa shape index (κ3) is 3.68. The third-order valence-corrected chi connectivity index (χ3v) is 3.08. The minimum atomic E-state index is -0.932. The molecule has 1 aromatic carbocycles. The zero-order valence-corrected chi connectivity index (χ0v) is 11.7. The van der Waals surface area contributed by atoms with Crippen LogP contribution in [0.15, 0.2) is 36.5 Å². The number of nitrogens with zero attached hydrogens (tertiary/aromatic N) is 2. The molecule has 0 atom stereocenters. The van der Waals surface area contributed by atoms with E-state index in [9.17, 15) is 9.59 Å². The largest absolute Gasteiger partial charge is 0.481 e. The molecule has 0 radical (unpaired) electrons. The second-order valence-electron chi connectivity index (χ2n) is 4.51. The summed E-state index contributed by atoms with van der Waals surface area (Å²) in [6.45, 7) is 2.92. The number of carbonyl (C=O) groups excluding carboxylic acids is 1. The first-order valence-corrected chi connectivity index (χ1v) is 6.74. The number of aromatic nitrogens is 2. The van der Waals surface area contributed by atoms with E-state index < -0.39 is 5.97 Å². The molecule has 0 fully saturated rings. The Bertz CT molecular complexity index is 632. The Kier molecular flexibility index (Phi) is 4.71. The van der Waals surface area contributed by atoms with Crippen LogP contribution in [0.5, 0.6) is 0 Å². The van der Waals surface area contributed by atoms with E-state index in [4.69, 9.17) is 5.11 Å². The summed E-state index contributed by atoms with van der Waals surface area (Å²) in [5, 5.41) is 15.3. The smallest absolute Gasteiger partial charge is 0.305 e. The van der Waals surface area contributed by atoms with Crippen molar-refractivity contribution in [1.29, 1.82) is 0 Å². The lowest BCUT2D eigenvalue weighted by atomic mass is 10.1. The van der Waals surface area contributed by atoms with E-state index in [0.717, 1.165) is 17.8 Å². The van der Waals surface area contributed by atoms with Crippen molar-refractivity contribution >= 4 is 11.9 Å². The van der Waals surface area contributed by atoms with Crippen molar-refractivity contribution in [3.05, 3.63) is 42.1 Å². The number of aliphatic carboxylic acids is 1. The highest BCUT2D eigenvalue weighted by Gasteiger charge is 2.08. The molecule has 0 spiro atoms. The molecule has 2 N–H and O–H groups in total. The lowest BCUT2D eigenvalue weighted by Gasteiger charge is -2.07. The number of carboxylic acids is 1. The van der Waals surface area contributed by atoms with Gasteiger partial charge in [0.25, 0.3) is 5.91 Å². The van der Waals surface area contributed by atoms with Crippen molar-refractivity contribution in [3.63, 3.8) is 0 Å². The summed E-state index contributed by atoms with van der Waals surface area (Å²) in [6, 6.07) is 9.08. The van der Waals surface area contributed by atoms with Gasteiger partial charge in [-0.3, -0.25) is 14.3 Å². The van der Waals surface area contributed by atoms with Crippen molar-refractivity contribution in [3.8, 4) is 11.3 Å². The third-order valence-electron chi connectivity index (χ3n) is 3.08. The number of aryl methyl sites for hydroxylation is 1. The highest BCUT2D eigenvalue weighted by Crippen LogP contribution is 2.19. The second-order valence-corrected chi connectivity index (χ2v) is 4.51. The van der Waals surface area contributed by atoms with Crippen LogP contribution in [0.2, 0.25) is 0 Å². The van der Waals surface area contributed by atoms with Crippen LogP contribution < -0.4 is 5.32 Å². The molecule has 6 heteroatoms. The number of carboxylic acid groups (broad SMARTS) is 1. The summed E-state index contributed by atoms with van der Waals surface area (Å²) in [7, 11) is 0. The van der Waals surface area contributed by atoms with Gasteiger partial charge in [-0.2, -0.15) is 5.10 Å². The van der Waals surface area contributed by atoms with Crippen LogP contribution in [-0.4, -0.2) is 33.3 Å². The lowest BCUT2D eigenvalue weighted by molar-refractivity contribution is -0.136. The average Bonchev–Trinajstić information content (AvgIpc) is 2.95. The molecule has 0 aliphatic heterocycles. The first kappa shape index (κ1) is 14.8. The number of benzene rings is 1. The first-order valence-electron chi connectivity index (χ1n) is 6.74. The summed E-state index contributed by atoms with van der Waals surface area (Å²) >= 11 is 0. The molecule has 2 rings (SSSR count). The van der Waals surface area contributed by atoms with Crippen LogP contribution in [0.25, 0.3) is 11.3 Å². The zero-order valence-electron chi connectivity index (χ0n) is 11.7. The van der Waals surface area contributed by atoms with Gasteiger partial charge in [0.15, 0.2) is 0 Å². The Morgan fingerprint density at radius 3 is 2.57 bits per heavy atom. The molecule has 1 heterocycles. The molecule has 1 aromatic heterocycles. The van der Waals surface area contributed by atoms with Gasteiger partial charge >= 0.3 is 5.97 Å². The molecule has 0 saturated carbocycles. The van der Waals surface area contributed by atoms with Crippen molar-refractivity contribution in [1.82, 2.24) is 15.1 Å². The fourth-order valence-corrected chi connectivity index (χ4v) is 2.01. The fraction of sp³-hybridized carbons (Fsp3) is 0.267. The Balaban J connectivity index is 2.05. The number of hydrogen-bond donors (Lipinski definition) is 2. The standard InChI is InChI=1S/C15H17N3O3/c1-2-18-13(7-10-17-18)11-3-5-12(6-4-11)15(21)16-9-8-14(19)20/h3-7,10H,2,8-9H2,1H3,(H,16,21)(H,19,20). The molecular formula is C15H17N3O3. The molecule has 0 bridgehead atoms. The van der Waals surface area contributed by atoms with Gasteiger partial charge in [0.2, 0.25) is 0 Å². The topological polar surface area (TPSA) is 84.2 Å². The fourth-order valence-electron chi connectivity index (χ4n) is 2.01. The summed E-state index contributed by atoms with van der Waals surface area (Å²) in [4.78, 5) is 22.2. The highest BCUT2D eigenvalue weighted by atomic mass is 16.4. The van der Waals surface area contributed by atoms with Crippen molar-refractivity contribution in [2.75, 3.05) is 6.54 Å². The molecule has 110 valence electrons. The number of amides is 1. The quantitative estimate of drug-likeness (QED) is 0.848. The normalized spacial score (nSPS) is 10.3. The van der Waals surface area contributed by atoms with E-state index in [-0.39, 0.29) is 18.9 Å². The van der Waals surface area contributed by atoms with E-state index >= 15 is 0 Å². The van der Waals surface area contributed by atoms with E-state index in [1.165, 1.54) is 0 Å². The maximum atomic E-state index is 11.8. The van der Waals surface area contributed by atoms with Gasteiger partial charge in [-0.25, -0.2) is 0 Å². The zero-order chi connectivity index (χ0) is 15.2. The molecule has 2 aromatic rings. The van der Waals surface area contributed by atoms with Crippen molar-refractivity contribution in [2.45, 2.75) is 19.9 Å². The van der Waals surface area contributed by atoms with Gasteiger partial charge in [-0.15, -0.1) is 0 Å². The monoisotopic (exact) mass is 287 g/mol. The van der Waals surface area contributed by atoms with Crippen LogP contribution >= 0.6 is 0 Å². The van der Waals surface area contributed by atoms with E-state index in [2.05, 4.69) is 10.4 Å². The number of rotatable bonds is 6. The summed E-state index contributed by atoms with van der Waals surface area (Å²) in [6.07, 6.45) is 1.66. The Morgan fingerprint density at radius 1 is 1.24 bits per heavy atom. The minimum Gasteiger partial charge on any atom is -0.481 e. The lowest BCUT2D eigenvalue weighted by Crippen LogP contribution is -2.25. The van der Waals surface area contributed by atoms with Crippen LogP contribution in [0.4, 0.5) is 0 Å². The van der Waals surface area contributed by atoms with Crippen LogP contribution in [-0.2, 0) is 11.3 Å². The predicted octanol–water partition coefficient (Wildman–Crippen LogP) is 1.77. The number of hydrogen-bond acceptors (Lipinski definition) is 3. The average molecular weight is 287 g/mol. The molecule has 0 aliphatic rings. The molecule has 0 saturated heterocycles. The maximum absolute atomic E-state index is 11.8. The Morgan fingerprint density at radius 2 is 1.95 bits per heavy atom. The summed E-state index contributed by atoms with van der Waals surface area (Å²) < 4.78 is 1.88. The van der Waals surface area contributed by atoms with Crippen molar-refractivity contribution in [2.24, 2.45) is 0 Å². The van der Waals surface area contributed by atoms with Gasteiger partial charge in [0.1, 0.15) is 0 Å². The van der Waals surface area contributed by atoms with E-state index in [0.29, 0.717) is 5.56 Å². The summed E-state index contributed by atoms with van der Waals surface area (Å²) in [5.41, 5.74) is 2.48.